The summed E-state index contributed by atoms with van der Waals surface area (Å²) in [6, 6.07) is 1.40. The standard InChI is InChI=1S/C16H32N2/c1-13(2)10-15-11-18(14(3)4)16(12-17-15)8-6-5-7-9-16/h13-15,17H,5-12H2,1-4H3. The number of piperazine rings is 1. The highest BCUT2D eigenvalue weighted by Crippen LogP contribution is 2.37. The number of hydrogen-bond donors (Lipinski definition) is 1. The average Bonchev–Trinajstić information content (AvgIpc) is 2.32. The summed E-state index contributed by atoms with van der Waals surface area (Å²) >= 11 is 0. The first kappa shape index (κ1) is 14.3. The second-order valence-corrected chi connectivity index (χ2v) is 7.24. The van der Waals surface area contributed by atoms with Gasteiger partial charge in [0.25, 0.3) is 0 Å². The van der Waals surface area contributed by atoms with Crippen LogP contribution in [0.5, 0.6) is 0 Å². The number of nitrogens with zero attached hydrogens (tertiary/aromatic N) is 1. The summed E-state index contributed by atoms with van der Waals surface area (Å²) in [6.45, 7) is 11.9. The first-order valence-corrected chi connectivity index (χ1v) is 8.04. The van der Waals surface area contributed by atoms with Crippen molar-refractivity contribution < 1.29 is 0 Å². The topological polar surface area (TPSA) is 15.3 Å². The molecule has 18 heavy (non-hydrogen) atoms. The van der Waals surface area contributed by atoms with Gasteiger partial charge in [-0.1, -0.05) is 33.1 Å². The van der Waals surface area contributed by atoms with E-state index in [-0.39, 0.29) is 0 Å². The lowest BCUT2D eigenvalue weighted by Crippen LogP contribution is -2.67. The summed E-state index contributed by atoms with van der Waals surface area (Å²) in [5.74, 6) is 0.803. The van der Waals surface area contributed by atoms with Crippen molar-refractivity contribution in [2.24, 2.45) is 5.92 Å². The van der Waals surface area contributed by atoms with Crippen LogP contribution in [0.15, 0.2) is 0 Å². The maximum Gasteiger partial charge on any atom is 0.0337 e. The van der Waals surface area contributed by atoms with Gasteiger partial charge in [-0.3, -0.25) is 4.90 Å². The summed E-state index contributed by atoms with van der Waals surface area (Å²) in [6.07, 6.45) is 8.45. The molecule has 1 aliphatic heterocycles. The van der Waals surface area contributed by atoms with Gasteiger partial charge in [-0.2, -0.15) is 0 Å². The van der Waals surface area contributed by atoms with Crippen molar-refractivity contribution in [1.82, 2.24) is 10.2 Å². The molecular weight excluding hydrogens is 220 g/mol. The van der Waals surface area contributed by atoms with Gasteiger partial charge >= 0.3 is 0 Å². The van der Waals surface area contributed by atoms with Crippen LogP contribution in [0.3, 0.4) is 0 Å². The first-order chi connectivity index (χ1) is 8.53. The third-order valence-corrected chi connectivity index (χ3v) is 4.91. The lowest BCUT2D eigenvalue weighted by Gasteiger charge is -2.54. The summed E-state index contributed by atoms with van der Waals surface area (Å²) in [7, 11) is 0. The number of nitrogens with one attached hydrogen (secondary N) is 1. The molecule has 1 N–H and O–H groups in total. The molecule has 0 radical (unpaired) electrons. The predicted molar refractivity (Wildman–Crippen MR) is 78.9 cm³/mol. The molecule has 2 heteroatoms. The minimum atomic E-state index is 0.486. The van der Waals surface area contributed by atoms with Crippen molar-refractivity contribution in [3.63, 3.8) is 0 Å². The van der Waals surface area contributed by atoms with Crippen molar-refractivity contribution in [1.29, 1.82) is 0 Å². The van der Waals surface area contributed by atoms with Crippen molar-refractivity contribution >= 4 is 0 Å². The van der Waals surface area contributed by atoms with Gasteiger partial charge in [-0.15, -0.1) is 0 Å². The molecule has 1 atom stereocenters. The molecule has 1 saturated heterocycles. The van der Waals surface area contributed by atoms with Crippen LogP contribution in [0.25, 0.3) is 0 Å². The van der Waals surface area contributed by atoms with E-state index in [0.29, 0.717) is 17.6 Å². The van der Waals surface area contributed by atoms with E-state index < -0.39 is 0 Å². The molecule has 0 aromatic heterocycles. The zero-order valence-electron chi connectivity index (χ0n) is 12.8. The third-order valence-electron chi connectivity index (χ3n) is 4.91. The Morgan fingerprint density at radius 3 is 2.33 bits per heavy atom. The molecule has 0 amide bonds. The van der Waals surface area contributed by atoms with Crippen molar-refractivity contribution in [3.05, 3.63) is 0 Å². The zero-order chi connectivity index (χ0) is 13.2. The molecule has 2 nitrogen and oxygen atoms in total. The Labute approximate surface area is 114 Å². The van der Waals surface area contributed by atoms with E-state index in [2.05, 4.69) is 37.9 Å². The Hall–Kier alpha value is -0.0800. The lowest BCUT2D eigenvalue weighted by atomic mass is 9.77. The zero-order valence-corrected chi connectivity index (χ0v) is 12.8. The Morgan fingerprint density at radius 1 is 1.11 bits per heavy atom. The predicted octanol–water partition coefficient (Wildman–Crippen LogP) is 3.42. The second kappa shape index (κ2) is 5.92. The fourth-order valence-corrected chi connectivity index (χ4v) is 4.09. The third kappa shape index (κ3) is 3.08. The quantitative estimate of drug-likeness (QED) is 0.828. The van der Waals surface area contributed by atoms with Gasteiger partial charge < -0.3 is 5.32 Å². The molecule has 1 aliphatic carbocycles. The molecule has 1 spiro atoms. The van der Waals surface area contributed by atoms with Gasteiger partial charge in [-0.25, -0.2) is 0 Å². The van der Waals surface area contributed by atoms with Crippen LogP contribution in [-0.2, 0) is 0 Å². The van der Waals surface area contributed by atoms with Crippen LogP contribution in [0.2, 0.25) is 0 Å². The van der Waals surface area contributed by atoms with E-state index in [0.717, 1.165) is 5.92 Å². The van der Waals surface area contributed by atoms with Crippen molar-refractivity contribution in [2.75, 3.05) is 13.1 Å². The molecule has 2 fully saturated rings. The van der Waals surface area contributed by atoms with Crippen LogP contribution in [-0.4, -0.2) is 35.6 Å². The Morgan fingerprint density at radius 2 is 1.78 bits per heavy atom. The molecular formula is C16H32N2. The van der Waals surface area contributed by atoms with Crippen molar-refractivity contribution in [3.8, 4) is 0 Å². The SMILES string of the molecule is CC(C)CC1CN(C(C)C)C2(CCCCC2)CN1. The largest absolute Gasteiger partial charge is 0.311 e. The van der Waals surface area contributed by atoms with E-state index >= 15 is 0 Å². The highest BCUT2D eigenvalue weighted by atomic mass is 15.3. The molecule has 1 heterocycles. The van der Waals surface area contributed by atoms with E-state index in [1.54, 1.807) is 0 Å². The Kier molecular flexibility index (Phi) is 4.71. The molecule has 106 valence electrons. The van der Waals surface area contributed by atoms with Crippen LogP contribution in [0.1, 0.15) is 66.2 Å². The van der Waals surface area contributed by atoms with E-state index in [1.807, 2.05) is 0 Å². The summed E-state index contributed by atoms with van der Waals surface area (Å²) in [5, 5.41) is 3.85. The number of hydrogen-bond acceptors (Lipinski definition) is 2. The van der Waals surface area contributed by atoms with Gasteiger partial charge in [0, 0.05) is 30.7 Å². The molecule has 2 aliphatic rings. The fourth-order valence-electron chi connectivity index (χ4n) is 4.09. The van der Waals surface area contributed by atoms with Gasteiger partial charge in [0.15, 0.2) is 0 Å². The highest BCUT2D eigenvalue weighted by molar-refractivity contribution is 5.01. The average molecular weight is 252 g/mol. The van der Waals surface area contributed by atoms with E-state index in [9.17, 15) is 0 Å². The highest BCUT2D eigenvalue weighted by Gasteiger charge is 2.43. The molecule has 1 unspecified atom stereocenters. The molecule has 2 rings (SSSR count). The van der Waals surface area contributed by atoms with Gasteiger partial charge in [0.2, 0.25) is 0 Å². The minimum Gasteiger partial charge on any atom is -0.311 e. The van der Waals surface area contributed by atoms with Gasteiger partial charge in [-0.05, 0) is 39.0 Å². The molecule has 1 saturated carbocycles. The first-order valence-electron chi connectivity index (χ1n) is 8.04. The van der Waals surface area contributed by atoms with E-state index in [1.165, 1.54) is 51.6 Å². The Bertz CT molecular complexity index is 254. The summed E-state index contributed by atoms with van der Waals surface area (Å²) < 4.78 is 0. The monoisotopic (exact) mass is 252 g/mol. The Balaban J connectivity index is 2.04. The maximum atomic E-state index is 3.85. The molecule has 0 bridgehead atoms. The van der Waals surface area contributed by atoms with Crippen molar-refractivity contribution in [2.45, 2.75) is 83.8 Å². The van der Waals surface area contributed by atoms with Gasteiger partial charge in [0.1, 0.15) is 0 Å². The van der Waals surface area contributed by atoms with Crippen LogP contribution < -0.4 is 5.32 Å². The minimum absolute atomic E-state index is 0.486. The van der Waals surface area contributed by atoms with Crippen LogP contribution >= 0.6 is 0 Å². The molecule has 0 aromatic rings. The number of rotatable bonds is 3. The van der Waals surface area contributed by atoms with E-state index in [4.69, 9.17) is 0 Å². The van der Waals surface area contributed by atoms with Crippen LogP contribution in [0, 0.1) is 5.92 Å². The lowest BCUT2D eigenvalue weighted by molar-refractivity contribution is -0.0156. The molecule has 0 aromatic carbocycles. The fraction of sp³-hybridized carbons (Fsp3) is 1.00. The smallest absolute Gasteiger partial charge is 0.0337 e. The van der Waals surface area contributed by atoms with Gasteiger partial charge in [0.05, 0.1) is 0 Å². The second-order valence-electron chi connectivity index (χ2n) is 7.24. The summed E-state index contributed by atoms with van der Waals surface area (Å²) in [4.78, 5) is 2.83. The van der Waals surface area contributed by atoms with Crippen LogP contribution in [0.4, 0.5) is 0 Å². The summed E-state index contributed by atoms with van der Waals surface area (Å²) in [5.41, 5.74) is 0.486. The normalized spacial score (nSPS) is 29.3. The maximum absolute atomic E-state index is 3.85.